The molecule has 3 fully saturated rings. The van der Waals surface area contributed by atoms with Crippen LogP contribution in [0.5, 0.6) is 0 Å². The topological polar surface area (TPSA) is 0 Å². The van der Waals surface area contributed by atoms with Crippen molar-refractivity contribution in [3.8, 4) is 11.5 Å². The summed E-state index contributed by atoms with van der Waals surface area (Å²) >= 11 is 0. The van der Waals surface area contributed by atoms with Crippen LogP contribution in [0.1, 0.15) is 19.3 Å². The fraction of sp³-hybridized carbons (Fsp3) is 0.750. The Hall–Kier alpha value is 0.374. The molecule has 0 aromatic carbocycles. The molecule has 0 amide bonds. The van der Waals surface area contributed by atoms with Crippen molar-refractivity contribution in [2.24, 2.45) is 17.3 Å². The first-order chi connectivity index (χ1) is 6.06. The molecule has 0 heterocycles. The van der Waals surface area contributed by atoms with Crippen molar-refractivity contribution in [2.45, 2.75) is 38.9 Å². The Balaban J connectivity index is 0.000000750. The molecular weight excluding hydrogens is 179 g/mol. The Bertz CT molecular complexity index is 296. The van der Waals surface area contributed by atoms with Crippen LogP contribution in [0.15, 0.2) is 0 Å². The summed E-state index contributed by atoms with van der Waals surface area (Å²) in [6.07, 6.45) is 4.37. The summed E-state index contributed by atoms with van der Waals surface area (Å²) < 4.78 is 0. The van der Waals surface area contributed by atoms with E-state index in [1.165, 1.54) is 19.3 Å². The maximum Gasteiger partial charge on any atom is 1.00 e. The van der Waals surface area contributed by atoms with E-state index in [1.54, 1.807) is 0 Å². The van der Waals surface area contributed by atoms with E-state index < -0.39 is 8.07 Å². The summed E-state index contributed by atoms with van der Waals surface area (Å²) in [7, 11) is -1.12. The van der Waals surface area contributed by atoms with Crippen LogP contribution in [0.2, 0.25) is 19.6 Å². The third-order valence-electron chi connectivity index (χ3n) is 3.79. The van der Waals surface area contributed by atoms with Crippen molar-refractivity contribution in [1.82, 2.24) is 0 Å². The van der Waals surface area contributed by atoms with Crippen molar-refractivity contribution >= 4 is 8.07 Å². The van der Waals surface area contributed by atoms with Crippen LogP contribution < -0.4 is 18.9 Å². The maximum atomic E-state index is 3.62. The third-order valence-corrected chi connectivity index (χ3v) is 4.67. The first-order valence-electron chi connectivity index (χ1n) is 5.47. The fourth-order valence-electron chi connectivity index (χ4n) is 3.09. The smallest absolute Gasteiger partial charge is 0.297 e. The minimum atomic E-state index is -1.12. The standard InChI is InChI=1S/C12H17Si.Li/c1-13(2,3)8-7-12-9-5-4-6-10(12)11(9)12;/h9-10H,4-6H2,1-3H3;/q-1;+1. The van der Waals surface area contributed by atoms with E-state index in [4.69, 9.17) is 0 Å². The zero-order chi connectivity index (χ0) is 9.27. The first kappa shape index (κ1) is 10.9. The molecule has 0 aromatic rings. The summed E-state index contributed by atoms with van der Waals surface area (Å²) in [5.74, 6) is 7.41. The molecular formula is C12H17LiSi. The molecule has 0 N–H and O–H groups in total. The van der Waals surface area contributed by atoms with Gasteiger partial charge in [-0.2, -0.15) is 11.8 Å². The molecule has 0 aliphatic heterocycles. The molecule has 3 aliphatic rings. The van der Waals surface area contributed by atoms with E-state index >= 15 is 0 Å². The summed E-state index contributed by atoms with van der Waals surface area (Å²) in [4.78, 5) is 0. The number of rotatable bonds is 0. The van der Waals surface area contributed by atoms with Gasteiger partial charge in [0, 0.05) is 0 Å². The van der Waals surface area contributed by atoms with Crippen LogP contribution in [0.3, 0.4) is 0 Å². The second kappa shape index (κ2) is 2.94. The van der Waals surface area contributed by atoms with Gasteiger partial charge in [0.2, 0.25) is 0 Å². The summed E-state index contributed by atoms with van der Waals surface area (Å²) in [6.45, 7) is 7.03. The average Bonchev–Trinajstić information content (AvgIpc) is 2.89. The van der Waals surface area contributed by atoms with Gasteiger partial charge in [0.15, 0.2) is 0 Å². The molecule has 0 radical (unpaired) electrons. The third kappa shape index (κ3) is 1.28. The van der Waals surface area contributed by atoms with Crippen LogP contribution >= 0.6 is 0 Å². The quantitative estimate of drug-likeness (QED) is 0.288. The average molecular weight is 196 g/mol. The summed E-state index contributed by atoms with van der Waals surface area (Å²) in [6, 6.07) is 0. The van der Waals surface area contributed by atoms with E-state index in [-0.39, 0.29) is 18.9 Å². The summed E-state index contributed by atoms with van der Waals surface area (Å²) in [5, 5.41) is 0. The molecule has 3 aliphatic carbocycles. The Morgan fingerprint density at radius 1 is 1.21 bits per heavy atom. The molecule has 3 rings (SSSR count). The molecule has 2 heteroatoms. The van der Waals surface area contributed by atoms with E-state index in [0.29, 0.717) is 5.41 Å². The van der Waals surface area contributed by atoms with E-state index in [0.717, 1.165) is 11.8 Å². The zero-order valence-corrected chi connectivity index (χ0v) is 10.8. The van der Waals surface area contributed by atoms with Gasteiger partial charge in [0.05, 0.1) is 0 Å². The molecule has 0 nitrogen and oxygen atoms in total. The van der Waals surface area contributed by atoms with E-state index in [1.807, 2.05) is 5.92 Å². The van der Waals surface area contributed by atoms with Crippen molar-refractivity contribution in [1.29, 1.82) is 0 Å². The molecule has 0 bridgehead atoms. The largest absolute Gasteiger partial charge is 1.00 e. The molecule has 2 atom stereocenters. The van der Waals surface area contributed by atoms with Crippen molar-refractivity contribution < 1.29 is 18.9 Å². The monoisotopic (exact) mass is 196 g/mol. The summed E-state index contributed by atoms with van der Waals surface area (Å²) in [5.41, 5.74) is 4.09. The van der Waals surface area contributed by atoms with Crippen LogP contribution in [0.25, 0.3) is 0 Å². The molecule has 70 valence electrons. The van der Waals surface area contributed by atoms with Crippen molar-refractivity contribution in [3.05, 3.63) is 5.92 Å². The maximum absolute atomic E-state index is 3.62. The fourth-order valence-corrected chi connectivity index (χ4v) is 3.68. The molecule has 0 aromatic heterocycles. The SMILES string of the molecule is C[Si](C)(C)C#CC12[C-]3C1CCCC32.[Li+]. The zero-order valence-electron chi connectivity index (χ0n) is 9.78. The second-order valence-electron chi connectivity index (χ2n) is 5.86. The Labute approximate surface area is 100 Å². The van der Waals surface area contributed by atoms with Gasteiger partial charge in [-0.25, -0.2) is 0 Å². The van der Waals surface area contributed by atoms with Gasteiger partial charge in [-0.15, -0.1) is 16.9 Å². The second-order valence-corrected chi connectivity index (χ2v) is 10.6. The normalized spacial score (nSPS) is 42.8. The van der Waals surface area contributed by atoms with Crippen molar-refractivity contribution in [2.75, 3.05) is 0 Å². The van der Waals surface area contributed by atoms with E-state index in [2.05, 4.69) is 31.1 Å². The molecule has 3 saturated carbocycles. The minimum Gasteiger partial charge on any atom is -0.297 e. The van der Waals surface area contributed by atoms with Gasteiger partial charge in [0.1, 0.15) is 8.07 Å². The predicted molar refractivity (Wildman–Crippen MR) is 57.6 cm³/mol. The van der Waals surface area contributed by atoms with Crippen molar-refractivity contribution in [3.63, 3.8) is 0 Å². The van der Waals surface area contributed by atoms with Crippen LogP contribution in [-0.4, -0.2) is 8.07 Å². The van der Waals surface area contributed by atoms with Gasteiger partial charge in [-0.3, -0.25) is 5.92 Å². The Morgan fingerprint density at radius 3 is 2.21 bits per heavy atom. The van der Waals surface area contributed by atoms with E-state index in [9.17, 15) is 0 Å². The number of hydrogen-bond acceptors (Lipinski definition) is 0. The van der Waals surface area contributed by atoms with Crippen LogP contribution in [0, 0.1) is 34.6 Å². The van der Waals surface area contributed by atoms with Crippen LogP contribution in [-0.2, 0) is 0 Å². The minimum absolute atomic E-state index is 0. The number of hydrogen-bond donors (Lipinski definition) is 0. The first-order valence-corrected chi connectivity index (χ1v) is 8.97. The molecule has 14 heavy (non-hydrogen) atoms. The van der Waals surface area contributed by atoms with Gasteiger partial charge in [-0.1, -0.05) is 38.9 Å². The van der Waals surface area contributed by atoms with Gasteiger partial charge in [-0.05, 0) is 0 Å². The molecule has 0 saturated heterocycles. The van der Waals surface area contributed by atoms with Gasteiger partial charge >= 0.3 is 18.9 Å². The Morgan fingerprint density at radius 2 is 1.79 bits per heavy atom. The van der Waals surface area contributed by atoms with Gasteiger partial charge in [0.25, 0.3) is 0 Å². The van der Waals surface area contributed by atoms with Gasteiger partial charge < -0.3 is 0 Å². The van der Waals surface area contributed by atoms with Crippen LogP contribution in [0.4, 0.5) is 0 Å². The molecule has 0 spiro atoms. The Kier molecular flexibility index (Phi) is 2.29. The molecule has 2 unspecified atom stereocenters. The predicted octanol–water partition coefficient (Wildman–Crippen LogP) is -0.124. The number of fused-ring (bicyclic) bond motifs is 2.